The summed E-state index contributed by atoms with van der Waals surface area (Å²) in [6.07, 6.45) is -0.613. The minimum Gasteiger partial charge on any atom is -0.389 e. The van der Waals surface area contributed by atoms with Crippen molar-refractivity contribution >= 4 is 11.8 Å². The van der Waals surface area contributed by atoms with Gasteiger partial charge in [-0.25, -0.2) is 0 Å². The largest absolute Gasteiger partial charge is 0.389 e. The van der Waals surface area contributed by atoms with E-state index in [1.165, 1.54) is 0 Å². The van der Waals surface area contributed by atoms with Gasteiger partial charge in [-0.3, -0.25) is 0 Å². The van der Waals surface area contributed by atoms with Crippen LogP contribution in [0.15, 0.2) is 29.2 Å². The zero-order chi connectivity index (χ0) is 9.84. The van der Waals surface area contributed by atoms with Gasteiger partial charge in [-0.2, -0.15) is 8.78 Å². The van der Waals surface area contributed by atoms with Crippen molar-refractivity contribution in [3.63, 3.8) is 0 Å². The first-order valence-electron chi connectivity index (χ1n) is 3.82. The van der Waals surface area contributed by atoms with E-state index in [4.69, 9.17) is 0 Å². The van der Waals surface area contributed by atoms with E-state index in [2.05, 4.69) is 0 Å². The number of hydrogen-bond acceptors (Lipinski definition) is 2. The maximum atomic E-state index is 12.0. The van der Waals surface area contributed by atoms with Crippen LogP contribution in [0, 0.1) is 0 Å². The van der Waals surface area contributed by atoms with Crippen molar-refractivity contribution < 1.29 is 13.9 Å². The molecule has 0 aliphatic carbocycles. The Morgan fingerprint density at radius 1 is 1.38 bits per heavy atom. The highest BCUT2D eigenvalue weighted by atomic mass is 32.2. The molecule has 0 saturated heterocycles. The first kappa shape index (κ1) is 10.5. The van der Waals surface area contributed by atoms with Crippen LogP contribution in [0.2, 0.25) is 0 Å². The van der Waals surface area contributed by atoms with Crippen molar-refractivity contribution in [3.8, 4) is 0 Å². The quantitative estimate of drug-likeness (QED) is 0.763. The van der Waals surface area contributed by atoms with Crippen LogP contribution in [0.5, 0.6) is 0 Å². The van der Waals surface area contributed by atoms with Gasteiger partial charge in [-0.05, 0) is 24.6 Å². The fraction of sp³-hybridized carbons (Fsp3) is 0.333. The van der Waals surface area contributed by atoms with Gasteiger partial charge in [-0.15, -0.1) is 0 Å². The Bertz CT molecular complexity index is 276. The molecule has 0 aliphatic rings. The molecule has 0 saturated carbocycles. The fourth-order valence-electron chi connectivity index (χ4n) is 0.951. The molecule has 0 spiro atoms. The van der Waals surface area contributed by atoms with Gasteiger partial charge in [0.25, 0.3) is 5.76 Å². The lowest BCUT2D eigenvalue weighted by Crippen LogP contribution is -1.91. The predicted molar refractivity (Wildman–Crippen MR) is 48.9 cm³/mol. The lowest BCUT2D eigenvalue weighted by molar-refractivity contribution is 0.199. The third-order valence-electron chi connectivity index (χ3n) is 1.57. The molecule has 0 amide bonds. The minimum atomic E-state index is -2.41. The van der Waals surface area contributed by atoms with E-state index in [0.717, 1.165) is 0 Å². The van der Waals surface area contributed by atoms with Crippen molar-refractivity contribution in [1.29, 1.82) is 0 Å². The summed E-state index contributed by atoms with van der Waals surface area (Å²) in [5, 5.41) is 9.19. The van der Waals surface area contributed by atoms with Crippen LogP contribution in [0.3, 0.4) is 0 Å². The summed E-state index contributed by atoms with van der Waals surface area (Å²) in [5.41, 5.74) is 0.658. The number of halogens is 2. The van der Waals surface area contributed by atoms with E-state index in [1.807, 2.05) is 0 Å². The van der Waals surface area contributed by atoms with E-state index in [-0.39, 0.29) is 0 Å². The Labute approximate surface area is 79.8 Å². The summed E-state index contributed by atoms with van der Waals surface area (Å²) < 4.78 is 23.9. The Kier molecular flexibility index (Phi) is 3.69. The number of aliphatic hydroxyl groups excluding tert-OH is 1. The van der Waals surface area contributed by atoms with E-state index in [0.29, 0.717) is 22.2 Å². The third-order valence-corrected chi connectivity index (χ3v) is 2.27. The van der Waals surface area contributed by atoms with Gasteiger partial charge in [0.1, 0.15) is 0 Å². The second kappa shape index (κ2) is 4.58. The number of benzene rings is 1. The highest BCUT2D eigenvalue weighted by Gasteiger charge is 2.07. The van der Waals surface area contributed by atoms with E-state index < -0.39 is 11.9 Å². The molecule has 0 aromatic heterocycles. The molecular weight excluding hydrogens is 194 g/mol. The molecular formula is C9H10F2OS. The Balaban J connectivity index is 2.79. The fourth-order valence-corrected chi connectivity index (χ4v) is 1.52. The maximum absolute atomic E-state index is 12.0. The molecule has 72 valence electrons. The van der Waals surface area contributed by atoms with Crippen LogP contribution in [0.1, 0.15) is 18.6 Å². The molecule has 0 heterocycles. The first-order chi connectivity index (χ1) is 6.09. The van der Waals surface area contributed by atoms with Crippen LogP contribution < -0.4 is 0 Å². The zero-order valence-corrected chi connectivity index (χ0v) is 7.89. The van der Waals surface area contributed by atoms with Crippen LogP contribution >= 0.6 is 11.8 Å². The Morgan fingerprint density at radius 3 is 2.62 bits per heavy atom. The Hall–Kier alpha value is -0.610. The molecule has 1 atom stereocenters. The smallest absolute Gasteiger partial charge is 0.288 e. The average Bonchev–Trinajstić information content (AvgIpc) is 2.03. The van der Waals surface area contributed by atoms with E-state index >= 15 is 0 Å². The number of hydrogen-bond donors (Lipinski definition) is 1. The highest BCUT2D eigenvalue weighted by molar-refractivity contribution is 7.99. The van der Waals surface area contributed by atoms with E-state index in [9.17, 15) is 13.9 Å². The molecule has 1 N–H and O–H groups in total. The highest BCUT2D eigenvalue weighted by Crippen LogP contribution is 2.27. The predicted octanol–water partition coefficient (Wildman–Crippen LogP) is 3.05. The molecule has 1 nitrogen and oxygen atoms in total. The molecule has 0 aliphatic heterocycles. The van der Waals surface area contributed by atoms with Gasteiger partial charge in [0.15, 0.2) is 0 Å². The normalized spacial score (nSPS) is 13.3. The van der Waals surface area contributed by atoms with Crippen LogP contribution in [-0.2, 0) is 0 Å². The monoisotopic (exact) mass is 204 g/mol. The van der Waals surface area contributed by atoms with E-state index in [1.54, 1.807) is 31.2 Å². The van der Waals surface area contributed by atoms with Crippen molar-refractivity contribution in [2.75, 3.05) is 0 Å². The molecule has 1 rings (SSSR count). The van der Waals surface area contributed by atoms with Crippen molar-refractivity contribution in [1.82, 2.24) is 0 Å². The topological polar surface area (TPSA) is 20.2 Å². The second-order valence-electron chi connectivity index (χ2n) is 2.63. The standard InChI is InChI=1S/C9H10F2OS/c1-6(12)7-3-2-4-8(5-7)13-9(10)11/h2-6,9,12H,1H3. The molecule has 4 heteroatoms. The SMILES string of the molecule is CC(O)c1cccc(SC(F)F)c1. The molecule has 0 bridgehead atoms. The van der Waals surface area contributed by atoms with Crippen LogP contribution in [-0.4, -0.2) is 10.9 Å². The molecule has 13 heavy (non-hydrogen) atoms. The number of thioether (sulfide) groups is 1. The summed E-state index contributed by atoms with van der Waals surface area (Å²) in [6.45, 7) is 1.60. The van der Waals surface area contributed by atoms with Gasteiger partial charge in [0, 0.05) is 4.90 Å². The lowest BCUT2D eigenvalue weighted by Gasteiger charge is -2.06. The van der Waals surface area contributed by atoms with Crippen molar-refractivity contribution in [2.24, 2.45) is 0 Å². The second-order valence-corrected chi connectivity index (χ2v) is 3.69. The molecule has 1 aromatic carbocycles. The van der Waals surface area contributed by atoms with Gasteiger partial charge >= 0.3 is 0 Å². The lowest BCUT2D eigenvalue weighted by atomic mass is 10.1. The van der Waals surface area contributed by atoms with Gasteiger partial charge in [0.2, 0.25) is 0 Å². The third kappa shape index (κ3) is 3.32. The van der Waals surface area contributed by atoms with Crippen LogP contribution in [0.25, 0.3) is 0 Å². The number of alkyl halides is 2. The van der Waals surface area contributed by atoms with Crippen molar-refractivity contribution in [2.45, 2.75) is 23.7 Å². The molecule has 1 aromatic rings. The molecule has 1 unspecified atom stereocenters. The summed E-state index contributed by atoms with van der Waals surface area (Å²) >= 11 is 0.486. The zero-order valence-electron chi connectivity index (χ0n) is 7.08. The average molecular weight is 204 g/mol. The minimum absolute atomic E-state index is 0.480. The number of aliphatic hydroxyl groups is 1. The van der Waals surface area contributed by atoms with Crippen LogP contribution in [0.4, 0.5) is 8.78 Å². The summed E-state index contributed by atoms with van der Waals surface area (Å²) in [6, 6.07) is 6.54. The Morgan fingerprint density at radius 2 is 2.08 bits per heavy atom. The number of rotatable bonds is 3. The van der Waals surface area contributed by atoms with Gasteiger partial charge < -0.3 is 5.11 Å². The summed E-state index contributed by atoms with van der Waals surface area (Å²) in [7, 11) is 0. The van der Waals surface area contributed by atoms with Gasteiger partial charge in [0.05, 0.1) is 6.10 Å². The first-order valence-corrected chi connectivity index (χ1v) is 4.70. The summed E-state index contributed by atoms with van der Waals surface area (Å²) in [4.78, 5) is 0.480. The van der Waals surface area contributed by atoms with Crippen molar-refractivity contribution in [3.05, 3.63) is 29.8 Å². The summed E-state index contributed by atoms with van der Waals surface area (Å²) in [5.74, 6) is -2.41. The molecule has 0 fully saturated rings. The maximum Gasteiger partial charge on any atom is 0.288 e. The molecule has 0 radical (unpaired) electrons. The van der Waals surface area contributed by atoms with Gasteiger partial charge in [-0.1, -0.05) is 23.9 Å².